The summed E-state index contributed by atoms with van der Waals surface area (Å²) in [6, 6.07) is 19.4. The lowest BCUT2D eigenvalue weighted by molar-refractivity contribution is -0.140. The second-order valence-corrected chi connectivity index (χ2v) is 11.1. The van der Waals surface area contributed by atoms with Crippen LogP contribution in [0.5, 0.6) is 11.5 Å². The first-order valence-corrected chi connectivity index (χ1v) is 14.5. The first-order valence-electron chi connectivity index (χ1n) is 13.1. The minimum atomic E-state index is -4.19. The molecule has 0 aromatic heterocycles. The van der Waals surface area contributed by atoms with Gasteiger partial charge < -0.3 is 19.7 Å². The second kappa shape index (κ2) is 13.8. The van der Waals surface area contributed by atoms with E-state index in [1.165, 1.54) is 24.1 Å². The fourth-order valence-electron chi connectivity index (χ4n) is 4.37. The molecule has 3 rings (SSSR count). The fraction of sp³-hybridized carbons (Fsp3) is 0.333. The average Bonchev–Trinajstić information content (AvgIpc) is 2.96. The zero-order valence-electron chi connectivity index (χ0n) is 23.6. The third-order valence-electron chi connectivity index (χ3n) is 6.47. The van der Waals surface area contributed by atoms with Gasteiger partial charge in [-0.3, -0.25) is 13.9 Å². The third kappa shape index (κ3) is 7.12. The highest BCUT2D eigenvalue weighted by atomic mass is 32.2. The highest BCUT2D eigenvalue weighted by Gasteiger charge is 2.34. The molecule has 9 nitrogen and oxygen atoms in total. The van der Waals surface area contributed by atoms with Crippen LogP contribution < -0.4 is 19.1 Å². The van der Waals surface area contributed by atoms with E-state index >= 15 is 0 Å². The van der Waals surface area contributed by atoms with Crippen molar-refractivity contribution < 1.29 is 27.5 Å². The maximum atomic E-state index is 14.1. The number of para-hydroxylation sites is 2. The van der Waals surface area contributed by atoms with Crippen molar-refractivity contribution in [3.05, 3.63) is 83.9 Å². The van der Waals surface area contributed by atoms with Gasteiger partial charge in [-0.05, 0) is 62.2 Å². The van der Waals surface area contributed by atoms with Gasteiger partial charge in [-0.25, -0.2) is 8.42 Å². The van der Waals surface area contributed by atoms with Crippen molar-refractivity contribution in [2.24, 2.45) is 0 Å². The molecule has 0 spiro atoms. The lowest BCUT2D eigenvalue weighted by Gasteiger charge is -2.33. The van der Waals surface area contributed by atoms with Crippen LogP contribution in [0.1, 0.15) is 31.4 Å². The maximum Gasteiger partial charge on any atom is 0.264 e. The molecule has 1 N–H and O–H groups in total. The first-order chi connectivity index (χ1) is 19.2. The molecule has 0 aliphatic rings. The van der Waals surface area contributed by atoms with Crippen molar-refractivity contribution >= 4 is 27.5 Å². The Morgan fingerprint density at radius 2 is 1.62 bits per heavy atom. The number of carbonyl (C=O) groups is 2. The predicted molar refractivity (Wildman–Crippen MR) is 155 cm³/mol. The summed E-state index contributed by atoms with van der Waals surface area (Å²) in [6.45, 7) is 5.40. The number of aryl methyl sites for hydroxylation is 1. The summed E-state index contributed by atoms with van der Waals surface area (Å²) in [5.41, 5.74) is 1.85. The topological polar surface area (TPSA) is 105 Å². The Morgan fingerprint density at radius 1 is 0.925 bits per heavy atom. The summed E-state index contributed by atoms with van der Waals surface area (Å²) in [5, 5.41) is 2.80. The van der Waals surface area contributed by atoms with Crippen LogP contribution in [0.2, 0.25) is 0 Å². The van der Waals surface area contributed by atoms with Gasteiger partial charge in [0.05, 0.1) is 24.8 Å². The predicted octanol–water partition coefficient (Wildman–Crippen LogP) is 4.15. The van der Waals surface area contributed by atoms with Gasteiger partial charge in [0.1, 0.15) is 24.1 Å². The van der Waals surface area contributed by atoms with Crippen molar-refractivity contribution in [2.75, 3.05) is 31.6 Å². The van der Waals surface area contributed by atoms with E-state index in [0.29, 0.717) is 24.5 Å². The molecule has 3 aromatic rings. The highest BCUT2D eigenvalue weighted by molar-refractivity contribution is 7.92. The molecule has 1 unspecified atom stereocenters. The van der Waals surface area contributed by atoms with E-state index in [9.17, 15) is 18.0 Å². The van der Waals surface area contributed by atoms with Gasteiger partial charge in [-0.15, -0.1) is 0 Å². The second-order valence-electron chi connectivity index (χ2n) is 9.19. The Bertz CT molecular complexity index is 1410. The molecule has 0 saturated carbocycles. The first kappa shape index (κ1) is 30.5. The number of nitrogens with one attached hydrogen (secondary N) is 1. The van der Waals surface area contributed by atoms with E-state index in [4.69, 9.17) is 9.47 Å². The number of nitrogens with zero attached hydrogens (tertiary/aromatic N) is 2. The Hall–Kier alpha value is -4.05. The molecule has 3 aromatic carbocycles. The van der Waals surface area contributed by atoms with Crippen LogP contribution in [0, 0.1) is 6.92 Å². The fourth-order valence-corrected chi connectivity index (χ4v) is 5.79. The summed E-state index contributed by atoms with van der Waals surface area (Å²) in [7, 11) is -1.21. The van der Waals surface area contributed by atoms with E-state index in [1.807, 2.05) is 19.9 Å². The molecule has 40 heavy (non-hydrogen) atoms. The zero-order valence-corrected chi connectivity index (χ0v) is 24.4. The molecule has 1 atom stereocenters. The number of likely N-dealkylation sites (N-methyl/N-ethyl adjacent to an activating group) is 1. The van der Waals surface area contributed by atoms with E-state index in [0.717, 1.165) is 15.4 Å². The number of rotatable bonds is 13. The van der Waals surface area contributed by atoms with Crippen LogP contribution in [-0.4, -0.2) is 58.5 Å². The quantitative estimate of drug-likeness (QED) is 0.333. The molecule has 0 aliphatic heterocycles. The molecule has 10 heteroatoms. The highest BCUT2D eigenvalue weighted by Crippen LogP contribution is 2.32. The van der Waals surface area contributed by atoms with Crippen LogP contribution >= 0.6 is 0 Å². The SMILES string of the molecule is CCNC(=O)C(CC)N(Cc1cccc(OC)c1)C(=O)CN(c1ccccc1OC)S(=O)(=O)c1ccc(C)cc1. The summed E-state index contributed by atoms with van der Waals surface area (Å²) in [5.74, 6) is 0.0450. The number of sulfonamides is 1. The van der Waals surface area contributed by atoms with Gasteiger partial charge in [0, 0.05) is 13.1 Å². The molecule has 0 bridgehead atoms. The van der Waals surface area contributed by atoms with Gasteiger partial charge in [0.2, 0.25) is 11.8 Å². The number of carbonyl (C=O) groups excluding carboxylic acids is 2. The van der Waals surface area contributed by atoms with Crippen molar-refractivity contribution in [3.8, 4) is 11.5 Å². The molecule has 0 aliphatic carbocycles. The lowest BCUT2D eigenvalue weighted by atomic mass is 10.1. The number of anilines is 1. The molecule has 0 saturated heterocycles. The number of benzene rings is 3. The number of amides is 2. The monoisotopic (exact) mass is 567 g/mol. The Kier molecular flexibility index (Phi) is 10.6. The van der Waals surface area contributed by atoms with Gasteiger partial charge in [0.25, 0.3) is 10.0 Å². The van der Waals surface area contributed by atoms with Crippen molar-refractivity contribution in [3.63, 3.8) is 0 Å². The lowest BCUT2D eigenvalue weighted by Crippen LogP contribution is -2.52. The molecule has 0 radical (unpaired) electrons. The van der Waals surface area contributed by atoms with E-state index < -0.39 is 28.5 Å². The van der Waals surface area contributed by atoms with E-state index in [2.05, 4.69) is 5.32 Å². The zero-order chi connectivity index (χ0) is 29.3. The van der Waals surface area contributed by atoms with E-state index in [1.54, 1.807) is 68.6 Å². The molecule has 2 amide bonds. The number of hydrogen-bond acceptors (Lipinski definition) is 6. The van der Waals surface area contributed by atoms with Gasteiger partial charge >= 0.3 is 0 Å². The van der Waals surface area contributed by atoms with Crippen LogP contribution in [0.3, 0.4) is 0 Å². The Morgan fingerprint density at radius 3 is 2.25 bits per heavy atom. The summed E-state index contributed by atoms with van der Waals surface area (Å²) >= 11 is 0. The van der Waals surface area contributed by atoms with Crippen LogP contribution in [0.15, 0.2) is 77.7 Å². The molecule has 214 valence electrons. The number of ether oxygens (including phenoxy) is 2. The summed E-state index contributed by atoms with van der Waals surface area (Å²) in [4.78, 5) is 28.6. The molecule has 0 fully saturated rings. The molecular weight excluding hydrogens is 530 g/mol. The smallest absolute Gasteiger partial charge is 0.264 e. The number of hydrogen-bond donors (Lipinski definition) is 1. The van der Waals surface area contributed by atoms with Crippen LogP contribution in [0.25, 0.3) is 0 Å². The van der Waals surface area contributed by atoms with E-state index in [-0.39, 0.29) is 23.0 Å². The minimum Gasteiger partial charge on any atom is -0.497 e. The van der Waals surface area contributed by atoms with Crippen LogP contribution in [-0.2, 0) is 26.2 Å². The average molecular weight is 568 g/mol. The Labute approximate surface area is 236 Å². The van der Waals surface area contributed by atoms with Gasteiger partial charge in [0.15, 0.2) is 0 Å². The van der Waals surface area contributed by atoms with Gasteiger partial charge in [-0.2, -0.15) is 0 Å². The summed E-state index contributed by atoms with van der Waals surface area (Å²) < 4.78 is 39.8. The number of methoxy groups -OCH3 is 2. The third-order valence-corrected chi connectivity index (χ3v) is 8.24. The maximum absolute atomic E-state index is 14.1. The molecule has 0 heterocycles. The standard InChI is InChI=1S/C30H37N3O6S/c1-6-26(30(35)31-7-2)32(20-23-11-10-12-24(19-23)38-4)29(34)21-33(27-13-8-9-14-28(27)39-5)40(36,37)25-17-15-22(3)16-18-25/h8-19,26H,6-7,20-21H2,1-5H3,(H,31,35). The largest absolute Gasteiger partial charge is 0.497 e. The van der Waals surface area contributed by atoms with Crippen molar-refractivity contribution in [1.82, 2.24) is 10.2 Å². The normalized spacial score (nSPS) is 11.8. The van der Waals surface area contributed by atoms with Crippen molar-refractivity contribution in [2.45, 2.75) is 44.7 Å². The summed E-state index contributed by atoms with van der Waals surface area (Å²) in [6.07, 6.45) is 0.334. The Balaban J connectivity index is 2.10. The molecular formula is C30H37N3O6S. The van der Waals surface area contributed by atoms with Crippen molar-refractivity contribution in [1.29, 1.82) is 0 Å². The van der Waals surface area contributed by atoms with Gasteiger partial charge in [-0.1, -0.05) is 48.9 Å². The van der Waals surface area contributed by atoms with Crippen LogP contribution in [0.4, 0.5) is 5.69 Å². The minimum absolute atomic E-state index is 0.0342.